The maximum atomic E-state index is 12.9. The van der Waals surface area contributed by atoms with Gasteiger partial charge in [-0.15, -0.1) is 0 Å². The van der Waals surface area contributed by atoms with Crippen molar-refractivity contribution in [1.82, 2.24) is 4.90 Å². The summed E-state index contributed by atoms with van der Waals surface area (Å²) in [6.07, 6.45) is 0.476. The Labute approximate surface area is 179 Å². The molecule has 2 aromatic rings. The van der Waals surface area contributed by atoms with Crippen LogP contribution in [0.1, 0.15) is 12.8 Å². The minimum absolute atomic E-state index is 0.0313. The summed E-state index contributed by atoms with van der Waals surface area (Å²) >= 11 is 6.10. The maximum Gasteiger partial charge on any atom is 0.229 e. The van der Waals surface area contributed by atoms with Crippen molar-refractivity contribution >= 4 is 38.9 Å². The molecule has 2 saturated heterocycles. The zero-order valence-electron chi connectivity index (χ0n) is 16.1. The SMILES string of the molecule is O=C(Nc1cc(Cl)ccc1Oc1ccccc1)[C@@H]1CC(=O)N([C@H]2CCS(=O)(=O)C2)C1. The van der Waals surface area contributed by atoms with E-state index in [9.17, 15) is 18.0 Å². The van der Waals surface area contributed by atoms with Crippen molar-refractivity contribution in [3.8, 4) is 11.5 Å². The van der Waals surface area contributed by atoms with Gasteiger partial charge in [0, 0.05) is 24.0 Å². The summed E-state index contributed by atoms with van der Waals surface area (Å²) in [5.74, 6) is 0.0135. The lowest BCUT2D eigenvalue weighted by atomic mass is 10.1. The average Bonchev–Trinajstić information content (AvgIpc) is 3.26. The molecule has 0 aliphatic carbocycles. The average molecular weight is 449 g/mol. The van der Waals surface area contributed by atoms with Crippen LogP contribution < -0.4 is 10.1 Å². The standard InChI is InChI=1S/C21H21ClN2O5S/c22-15-6-7-19(29-17-4-2-1-3-5-17)18(11-15)23-21(26)14-10-20(25)24(12-14)16-8-9-30(27,28)13-16/h1-7,11,14,16H,8-10,12-13H2,(H,23,26)/t14-,16+/m1/s1. The van der Waals surface area contributed by atoms with E-state index in [0.717, 1.165) is 0 Å². The van der Waals surface area contributed by atoms with Crippen LogP contribution in [-0.2, 0) is 19.4 Å². The second kappa shape index (κ2) is 8.28. The van der Waals surface area contributed by atoms with Crippen LogP contribution in [0.25, 0.3) is 0 Å². The first-order valence-corrected chi connectivity index (χ1v) is 11.8. The number of anilines is 1. The number of sulfone groups is 1. The van der Waals surface area contributed by atoms with Crippen LogP contribution in [0.5, 0.6) is 11.5 Å². The van der Waals surface area contributed by atoms with E-state index in [4.69, 9.17) is 16.3 Å². The number of carbonyl (C=O) groups excluding carboxylic acids is 2. The van der Waals surface area contributed by atoms with Gasteiger partial charge in [-0.2, -0.15) is 0 Å². The molecule has 9 heteroatoms. The zero-order valence-corrected chi connectivity index (χ0v) is 17.7. The Kier molecular flexibility index (Phi) is 5.71. The molecular formula is C21H21ClN2O5S. The Bertz CT molecular complexity index is 1070. The predicted molar refractivity (Wildman–Crippen MR) is 113 cm³/mol. The van der Waals surface area contributed by atoms with Crippen molar-refractivity contribution in [2.45, 2.75) is 18.9 Å². The molecule has 2 atom stereocenters. The van der Waals surface area contributed by atoms with Crippen LogP contribution in [0, 0.1) is 5.92 Å². The Morgan fingerprint density at radius 2 is 1.93 bits per heavy atom. The number of benzene rings is 2. The largest absolute Gasteiger partial charge is 0.455 e. The van der Waals surface area contributed by atoms with Gasteiger partial charge < -0.3 is 15.0 Å². The van der Waals surface area contributed by atoms with Gasteiger partial charge in [0.15, 0.2) is 15.6 Å². The van der Waals surface area contributed by atoms with Gasteiger partial charge in [-0.1, -0.05) is 29.8 Å². The smallest absolute Gasteiger partial charge is 0.229 e. The van der Waals surface area contributed by atoms with E-state index in [1.807, 2.05) is 18.2 Å². The molecule has 4 rings (SSSR count). The molecule has 0 aromatic heterocycles. The summed E-state index contributed by atoms with van der Waals surface area (Å²) in [4.78, 5) is 26.8. The number of hydrogen-bond acceptors (Lipinski definition) is 5. The highest BCUT2D eigenvalue weighted by atomic mass is 35.5. The second-order valence-corrected chi connectivity index (χ2v) is 10.2. The highest BCUT2D eigenvalue weighted by Gasteiger charge is 2.42. The van der Waals surface area contributed by atoms with Crippen LogP contribution in [0.15, 0.2) is 48.5 Å². The van der Waals surface area contributed by atoms with Gasteiger partial charge >= 0.3 is 0 Å². The third-order valence-corrected chi connectivity index (χ3v) is 7.33. The van der Waals surface area contributed by atoms with Gasteiger partial charge in [-0.25, -0.2) is 8.42 Å². The first-order chi connectivity index (χ1) is 14.3. The number of halogens is 1. The Morgan fingerprint density at radius 3 is 2.63 bits per heavy atom. The number of carbonyl (C=O) groups is 2. The second-order valence-electron chi connectivity index (χ2n) is 7.55. The summed E-state index contributed by atoms with van der Waals surface area (Å²) in [6.45, 7) is 0.209. The van der Waals surface area contributed by atoms with E-state index in [0.29, 0.717) is 28.6 Å². The maximum absolute atomic E-state index is 12.9. The molecule has 1 N–H and O–H groups in total. The molecule has 2 aromatic carbocycles. The van der Waals surface area contributed by atoms with E-state index in [-0.39, 0.29) is 42.3 Å². The van der Waals surface area contributed by atoms with E-state index in [2.05, 4.69) is 5.32 Å². The van der Waals surface area contributed by atoms with Crippen molar-refractivity contribution in [2.75, 3.05) is 23.4 Å². The van der Waals surface area contributed by atoms with Crippen LogP contribution >= 0.6 is 11.6 Å². The minimum atomic E-state index is -3.11. The molecule has 0 saturated carbocycles. The van der Waals surface area contributed by atoms with Gasteiger partial charge in [-0.05, 0) is 36.8 Å². The molecule has 0 unspecified atom stereocenters. The third kappa shape index (κ3) is 4.60. The highest BCUT2D eigenvalue weighted by molar-refractivity contribution is 7.91. The summed E-state index contributed by atoms with van der Waals surface area (Å²) in [5, 5.41) is 3.25. The number of ether oxygens (including phenoxy) is 1. The normalized spacial score (nSPS) is 22.8. The van der Waals surface area contributed by atoms with Gasteiger partial charge in [0.2, 0.25) is 11.8 Å². The fourth-order valence-corrected chi connectivity index (χ4v) is 5.72. The van der Waals surface area contributed by atoms with E-state index >= 15 is 0 Å². The number of rotatable bonds is 5. The molecule has 0 bridgehead atoms. The number of amides is 2. The molecule has 2 amide bonds. The fraction of sp³-hybridized carbons (Fsp3) is 0.333. The molecule has 7 nitrogen and oxygen atoms in total. The van der Waals surface area contributed by atoms with Gasteiger partial charge in [0.1, 0.15) is 5.75 Å². The van der Waals surface area contributed by atoms with Crippen molar-refractivity contribution < 1.29 is 22.7 Å². The molecular weight excluding hydrogens is 428 g/mol. The lowest BCUT2D eigenvalue weighted by Gasteiger charge is -2.23. The zero-order chi connectivity index (χ0) is 21.3. The Morgan fingerprint density at radius 1 is 1.17 bits per heavy atom. The number of nitrogens with one attached hydrogen (secondary N) is 1. The van der Waals surface area contributed by atoms with Crippen LogP contribution in [0.3, 0.4) is 0 Å². The number of nitrogens with zero attached hydrogens (tertiary/aromatic N) is 1. The Balaban J connectivity index is 1.46. The first kappa shape index (κ1) is 20.7. The molecule has 158 valence electrons. The van der Waals surface area contributed by atoms with Crippen molar-refractivity contribution in [2.24, 2.45) is 5.92 Å². The summed E-state index contributed by atoms with van der Waals surface area (Å²) in [7, 11) is -3.11. The number of likely N-dealkylation sites (tertiary alicyclic amines) is 1. The quantitative estimate of drug-likeness (QED) is 0.758. The first-order valence-electron chi connectivity index (χ1n) is 9.64. The van der Waals surface area contributed by atoms with Crippen molar-refractivity contribution in [3.05, 3.63) is 53.6 Å². The molecule has 2 aliphatic heterocycles. The van der Waals surface area contributed by atoms with Crippen molar-refractivity contribution in [1.29, 1.82) is 0 Å². The predicted octanol–water partition coefficient (Wildman–Crippen LogP) is 3.11. The monoisotopic (exact) mass is 448 g/mol. The van der Waals surface area contributed by atoms with Crippen LogP contribution in [0.2, 0.25) is 5.02 Å². The van der Waals surface area contributed by atoms with E-state index in [1.165, 1.54) is 4.90 Å². The van der Waals surface area contributed by atoms with E-state index in [1.54, 1.807) is 30.3 Å². The third-order valence-electron chi connectivity index (χ3n) is 5.35. The van der Waals surface area contributed by atoms with Gasteiger partial charge in [0.25, 0.3) is 0 Å². The molecule has 0 spiro atoms. The van der Waals surface area contributed by atoms with Crippen LogP contribution in [-0.4, -0.2) is 49.2 Å². The number of para-hydroxylation sites is 1. The van der Waals surface area contributed by atoms with Gasteiger partial charge in [0.05, 0.1) is 23.1 Å². The molecule has 0 radical (unpaired) electrons. The summed E-state index contributed by atoms with van der Waals surface area (Å²) in [6, 6.07) is 13.7. The van der Waals surface area contributed by atoms with E-state index < -0.39 is 15.8 Å². The molecule has 30 heavy (non-hydrogen) atoms. The van der Waals surface area contributed by atoms with Crippen LogP contribution in [0.4, 0.5) is 5.69 Å². The lowest BCUT2D eigenvalue weighted by molar-refractivity contribution is -0.129. The number of hydrogen-bond donors (Lipinski definition) is 1. The highest BCUT2D eigenvalue weighted by Crippen LogP contribution is 2.33. The molecule has 2 fully saturated rings. The molecule has 2 aliphatic rings. The summed E-state index contributed by atoms with van der Waals surface area (Å²) < 4.78 is 29.3. The summed E-state index contributed by atoms with van der Waals surface area (Å²) in [5.41, 5.74) is 0.408. The minimum Gasteiger partial charge on any atom is -0.455 e. The topological polar surface area (TPSA) is 92.8 Å². The Hall–Kier alpha value is -2.58. The van der Waals surface area contributed by atoms with Gasteiger partial charge in [-0.3, -0.25) is 9.59 Å². The lowest BCUT2D eigenvalue weighted by Crippen LogP contribution is -2.38. The van der Waals surface area contributed by atoms with Crippen molar-refractivity contribution in [3.63, 3.8) is 0 Å². The molecule has 2 heterocycles. The fourth-order valence-electron chi connectivity index (χ4n) is 3.82.